The Morgan fingerprint density at radius 2 is 1.96 bits per heavy atom. The first-order chi connectivity index (χ1) is 12.1. The largest absolute Gasteiger partial charge is 0.354 e. The van der Waals surface area contributed by atoms with E-state index in [0.29, 0.717) is 11.3 Å². The molecule has 0 atom stereocenters. The summed E-state index contributed by atoms with van der Waals surface area (Å²) >= 11 is 0. The van der Waals surface area contributed by atoms with E-state index in [0.717, 1.165) is 35.1 Å². The van der Waals surface area contributed by atoms with Crippen molar-refractivity contribution in [3.63, 3.8) is 0 Å². The zero-order chi connectivity index (χ0) is 17.4. The van der Waals surface area contributed by atoms with Crippen molar-refractivity contribution in [1.82, 2.24) is 14.5 Å². The predicted octanol–water partition coefficient (Wildman–Crippen LogP) is 2.52. The van der Waals surface area contributed by atoms with E-state index in [4.69, 9.17) is 5.73 Å². The number of aromatic nitrogens is 2. The van der Waals surface area contributed by atoms with Crippen molar-refractivity contribution in [3.8, 4) is 11.3 Å². The maximum atomic E-state index is 12.4. The quantitative estimate of drug-likeness (QED) is 0.771. The van der Waals surface area contributed by atoms with Gasteiger partial charge in [-0.1, -0.05) is 6.07 Å². The highest BCUT2D eigenvalue weighted by molar-refractivity contribution is 5.86. The number of H-pyrrole nitrogens is 1. The molecule has 1 aliphatic rings. The molecule has 3 heterocycles. The molecule has 1 fully saturated rings. The summed E-state index contributed by atoms with van der Waals surface area (Å²) in [6, 6.07) is 10.8. The lowest BCUT2D eigenvalue weighted by Crippen LogP contribution is -2.31. The lowest BCUT2D eigenvalue weighted by Gasteiger charge is -2.14. The summed E-state index contributed by atoms with van der Waals surface area (Å²) in [4.78, 5) is 29.5. The molecular weight excluding hydrogens is 316 g/mol. The van der Waals surface area contributed by atoms with Crippen molar-refractivity contribution in [2.75, 3.05) is 13.1 Å². The van der Waals surface area contributed by atoms with E-state index in [1.165, 1.54) is 24.6 Å². The monoisotopic (exact) mass is 336 g/mol. The number of amides is 1. The fourth-order valence-corrected chi connectivity index (χ4v) is 3.50. The van der Waals surface area contributed by atoms with Gasteiger partial charge in [-0.15, -0.1) is 0 Å². The van der Waals surface area contributed by atoms with Gasteiger partial charge in [0.1, 0.15) is 0 Å². The average Bonchev–Trinajstić information content (AvgIpc) is 3.23. The number of nitrogens with two attached hydrogens (primary N) is 1. The summed E-state index contributed by atoms with van der Waals surface area (Å²) in [5, 5.41) is 1.06. The molecule has 0 spiro atoms. The van der Waals surface area contributed by atoms with Gasteiger partial charge in [-0.25, -0.2) is 9.36 Å². The van der Waals surface area contributed by atoms with Gasteiger partial charge in [0.2, 0.25) is 0 Å². The first-order valence-electron chi connectivity index (χ1n) is 8.48. The van der Waals surface area contributed by atoms with Crippen LogP contribution in [0.4, 0.5) is 4.79 Å². The molecule has 1 saturated heterocycles. The summed E-state index contributed by atoms with van der Waals surface area (Å²) in [6.45, 7) is 3.27. The number of likely N-dealkylation sites (tertiary alicyclic amines) is 1. The van der Waals surface area contributed by atoms with Crippen LogP contribution >= 0.6 is 0 Å². The summed E-state index contributed by atoms with van der Waals surface area (Å²) in [5.41, 5.74) is 8.18. The van der Waals surface area contributed by atoms with Crippen molar-refractivity contribution in [2.24, 2.45) is 5.73 Å². The summed E-state index contributed by atoms with van der Waals surface area (Å²) in [5.74, 6) is 0. The Bertz CT molecular complexity index is 996. The zero-order valence-electron chi connectivity index (χ0n) is 13.9. The van der Waals surface area contributed by atoms with Crippen LogP contribution in [0.25, 0.3) is 22.2 Å². The van der Waals surface area contributed by atoms with E-state index in [2.05, 4.69) is 22.0 Å². The standard InChI is InChI=1S/C19H20N4O2/c20-19(25)23-9-3-4-15(18(23)24)17-11-14-10-13(5-6-16(14)21-17)12-22-7-1-2-8-22/h3-6,9-11,21H,1-2,7-8,12H2,(H2,20,25). The highest BCUT2D eigenvalue weighted by Gasteiger charge is 2.14. The number of pyridine rings is 1. The normalized spacial score (nSPS) is 15.0. The number of hydrogen-bond donors (Lipinski definition) is 2. The number of aromatic amines is 1. The van der Waals surface area contributed by atoms with Gasteiger partial charge in [0.05, 0.1) is 11.3 Å². The van der Waals surface area contributed by atoms with Gasteiger partial charge in [0, 0.05) is 23.6 Å². The van der Waals surface area contributed by atoms with E-state index in [-0.39, 0.29) is 0 Å². The molecule has 2 aromatic heterocycles. The number of benzene rings is 1. The number of primary amides is 1. The van der Waals surface area contributed by atoms with Crippen LogP contribution in [0, 0.1) is 0 Å². The molecule has 3 N–H and O–H groups in total. The van der Waals surface area contributed by atoms with Crippen LogP contribution in [0.1, 0.15) is 18.4 Å². The van der Waals surface area contributed by atoms with Gasteiger partial charge in [-0.05, 0) is 61.8 Å². The van der Waals surface area contributed by atoms with Gasteiger partial charge < -0.3 is 10.7 Å². The van der Waals surface area contributed by atoms with Gasteiger partial charge in [-0.3, -0.25) is 9.69 Å². The molecule has 1 aromatic carbocycles. The Hall–Kier alpha value is -2.86. The van der Waals surface area contributed by atoms with Crippen LogP contribution in [0.3, 0.4) is 0 Å². The molecule has 6 heteroatoms. The number of fused-ring (bicyclic) bond motifs is 1. The molecule has 0 unspecified atom stereocenters. The average molecular weight is 336 g/mol. The van der Waals surface area contributed by atoms with Gasteiger partial charge in [-0.2, -0.15) is 0 Å². The number of carbonyl (C=O) groups is 1. The number of nitrogens with zero attached hydrogens (tertiary/aromatic N) is 2. The Labute approximate surface area is 144 Å². The number of nitrogens with one attached hydrogen (secondary N) is 1. The minimum absolute atomic E-state index is 0.418. The predicted molar refractivity (Wildman–Crippen MR) is 97.5 cm³/mol. The molecule has 1 amide bonds. The molecular formula is C19H20N4O2. The second-order valence-corrected chi connectivity index (χ2v) is 6.52. The van der Waals surface area contributed by atoms with E-state index < -0.39 is 11.6 Å². The first-order valence-corrected chi connectivity index (χ1v) is 8.48. The summed E-state index contributed by atoms with van der Waals surface area (Å²) < 4.78 is 0.916. The molecule has 0 aliphatic carbocycles. The molecule has 1 aliphatic heterocycles. The SMILES string of the molecule is NC(=O)n1cccc(-c2cc3cc(CN4CCCC4)ccc3[nH]2)c1=O. The van der Waals surface area contributed by atoms with Crippen LogP contribution in [0.5, 0.6) is 0 Å². The highest BCUT2D eigenvalue weighted by Crippen LogP contribution is 2.24. The summed E-state index contributed by atoms with van der Waals surface area (Å²) in [6.07, 6.45) is 3.93. The molecule has 0 bridgehead atoms. The van der Waals surface area contributed by atoms with Gasteiger partial charge >= 0.3 is 6.03 Å². The zero-order valence-corrected chi connectivity index (χ0v) is 13.9. The highest BCUT2D eigenvalue weighted by atomic mass is 16.2. The lowest BCUT2D eigenvalue weighted by molar-refractivity contribution is 0.249. The van der Waals surface area contributed by atoms with Crippen molar-refractivity contribution < 1.29 is 4.79 Å². The minimum atomic E-state index is -0.782. The number of hydrogen-bond acceptors (Lipinski definition) is 3. The van der Waals surface area contributed by atoms with Crippen LogP contribution in [-0.2, 0) is 6.54 Å². The Morgan fingerprint density at radius 3 is 2.72 bits per heavy atom. The second kappa shape index (κ2) is 6.22. The molecule has 6 nitrogen and oxygen atoms in total. The Kier molecular flexibility index (Phi) is 3.89. The smallest absolute Gasteiger partial charge is 0.325 e. The van der Waals surface area contributed by atoms with Crippen LogP contribution in [-0.4, -0.2) is 33.6 Å². The fraction of sp³-hybridized carbons (Fsp3) is 0.263. The van der Waals surface area contributed by atoms with Gasteiger partial charge in [0.25, 0.3) is 5.56 Å². The minimum Gasteiger partial charge on any atom is -0.354 e. The number of carbonyl (C=O) groups excluding carboxylic acids is 1. The van der Waals surface area contributed by atoms with Crippen LogP contribution < -0.4 is 11.3 Å². The number of rotatable bonds is 3. The maximum Gasteiger partial charge on any atom is 0.325 e. The topological polar surface area (TPSA) is 84.1 Å². The van der Waals surface area contributed by atoms with Crippen molar-refractivity contribution >= 4 is 16.9 Å². The van der Waals surface area contributed by atoms with Crippen molar-refractivity contribution in [1.29, 1.82) is 0 Å². The van der Waals surface area contributed by atoms with Crippen LogP contribution in [0.2, 0.25) is 0 Å². The van der Waals surface area contributed by atoms with E-state index >= 15 is 0 Å². The summed E-state index contributed by atoms with van der Waals surface area (Å²) in [7, 11) is 0. The van der Waals surface area contributed by atoms with E-state index in [1.54, 1.807) is 12.1 Å². The van der Waals surface area contributed by atoms with E-state index in [9.17, 15) is 9.59 Å². The van der Waals surface area contributed by atoms with Crippen molar-refractivity contribution in [3.05, 3.63) is 58.5 Å². The van der Waals surface area contributed by atoms with Crippen LogP contribution in [0.15, 0.2) is 47.4 Å². The van der Waals surface area contributed by atoms with Gasteiger partial charge in [0.15, 0.2) is 0 Å². The molecule has 25 heavy (non-hydrogen) atoms. The first kappa shape index (κ1) is 15.7. The second-order valence-electron chi connectivity index (χ2n) is 6.52. The lowest BCUT2D eigenvalue weighted by atomic mass is 10.1. The molecule has 0 saturated carbocycles. The molecule has 4 rings (SSSR count). The van der Waals surface area contributed by atoms with Crippen molar-refractivity contribution in [2.45, 2.75) is 19.4 Å². The third-order valence-electron chi connectivity index (χ3n) is 4.76. The molecule has 3 aromatic rings. The van der Waals surface area contributed by atoms with E-state index in [1.807, 2.05) is 12.1 Å². The molecule has 128 valence electrons. The third kappa shape index (κ3) is 2.96. The third-order valence-corrected chi connectivity index (χ3v) is 4.76. The maximum absolute atomic E-state index is 12.4. The molecule has 0 radical (unpaired) electrons. The fourth-order valence-electron chi connectivity index (χ4n) is 3.50. The Morgan fingerprint density at radius 1 is 1.16 bits per heavy atom. The Balaban J connectivity index is 1.71.